The fraction of sp³-hybridized carbons (Fsp3) is 0.143. The fourth-order valence-electron chi connectivity index (χ4n) is 0. The topological polar surface area (TPSA) is 105 Å². The van der Waals surface area contributed by atoms with Crippen LogP contribution in [-0.4, -0.2) is 0 Å². The Hall–Kier alpha value is 4.59. The second kappa shape index (κ2) is 242. The molecular weight excluding hydrogens is 922 g/mol. The average Bonchev–Trinajstić information content (AvgIpc) is 1.39. The van der Waals surface area contributed by atoms with Crippen LogP contribution in [0.25, 0.3) is 0 Å². The zero-order valence-corrected chi connectivity index (χ0v) is 27.4. The second-order valence-electron chi connectivity index (χ2n) is 0.149. The van der Waals surface area contributed by atoms with Crippen molar-refractivity contribution in [2.24, 2.45) is 10.7 Å². The van der Waals surface area contributed by atoms with E-state index < -0.39 is 0 Å². The van der Waals surface area contributed by atoms with Crippen molar-refractivity contribution >= 4 is 0 Å². The van der Waals surface area contributed by atoms with Crippen LogP contribution in [0.1, 0.15) is 7.43 Å². The number of nitrogens with zero attached hydrogens (tertiary/aromatic N) is 2. The molecule has 0 aliphatic carbocycles. The Bertz CT molecular complexity index is 62.1. The number of rotatable bonds is 0. The van der Waals surface area contributed by atoms with Gasteiger partial charge in [0.2, 0.25) is 0 Å². The Labute approximate surface area is 250 Å². The molecule has 0 spiro atoms. The van der Waals surface area contributed by atoms with E-state index in [-0.39, 0.29) is 225 Å². The molecule has 0 amide bonds. The molecule has 12 heteroatoms. The molecule has 6 nitrogen and oxygen atoms in total. The van der Waals surface area contributed by atoms with Crippen LogP contribution >= 0.6 is 0 Å². The average molecular weight is 944 g/mol. The van der Waals surface area contributed by atoms with Gasteiger partial charge in [-0.05, 0) is 0 Å². The molecule has 0 aliphatic rings. The van der Waals surface area contributed by atoms with Gasteiger partial charge in [0, 0.05) is 173 Å². The molecule has 0 aromatic carbocycles. The zero-order chi connectivity index (χ0) is 5.41. The summed E-state index contributed by atoms with van der Waals surface area (Å²) >= 11 is 0. The predicted octanol–water partition coefficient (Wildman–Crippen LogP) is 3.82. The third-order valence-electron chi connectivity index (χ3n) is 0. The van der Waals surface area contributed by atoms with Gasteiger partial charge in [0.15, 0.2) is 0 Å². The van der Waals surface area contributed by atoms with Crippen LogP contribution in [0.5, 0.6) is 0 Å². The summed E-state index contributed by atoms with van der Waals surface area (Å²) in [6.07, 6.45) is 0. The zero-order valence-electron chi connectivity index (χ0n) is 11.5. The molecule has 0 atom stereocenters. The van der Waals surface area contributed by atoms with E-state index in [0.717, 1.165) is 10.7 Å². The molecule has 0 saturated carbocycles. The van der Waals surface area contributed by atoms with Crippen molar-refractivity contribution < 1.29 is 173 Å². The van der Waals surface area contributed by atoms with Crippen LogP contribution in [-0.2, 0) is 173 Å². The van der Waals surface area contributed by atoms with Gasteiger partial charge in [-0.3, -0.25) is 0 Å². The van der Waals surface area contributed by atoms with Gasteiger partial charge >= 0.3 is 0 Å². The van der Waals surface area contributed by atoms with E-state index in [1.165, 1.54) is 0 Å². The molecule has 0 fully saturated rings. The van der Waals surface area contributed by atoms with Crippen molar-refractivity contribution in [3.8, 4) is 0 Å². The summed E-state index contributed by atoms with van der Waals surface area (Å²) in [6.45, 7) is 0. The van der Waals surface area contributed by atoms with Crippen molar-refractivity contribution in [3.63, 3.8) is 0 Å². The van der Waals surface area contributed by atoms with Crippen LogP contribution in [0.4, 0.5) is 0 Å². The van der Waals surface area contributed by atoms with Gasteiger partial charge in [-0.15, -0.1) is 10.7 Å². The third-order valence-corrected chi connectivity index (χ3v) is 0. The summed E-state index contributed by atoms with van der Waals surface area (Å²) in [5, 5.41) is 18.0. The smallest absolute Gasteiger partial charge is 0 e. The molecular formula is C7H22N2O4Pt2Y4-8. The molecule has 0 heterocycles. The summed E-state index contributed by atoms with van der Waals surface area (Å²) in [6, 6.07) is 0. The predicted molar refractivity (Wildman–Crippen MR) is 63.5 cm³/mol. The first-order chi connectivity index (χ1) is 2.83. The summed E-state index contributed by atoms with van der Waals surface area (Å²) in [5.74, 6) is 0. The van der Waals surface area contributed by atoms with Crippen LogP contribution < -0.4 is 0 Å². The largest absolute Gasteiger partial charge is 0.444 e. The molecule has 0 unspecified atom stereocenters. The molecule has 124 valence electrons. The van der Waals surface area contributed by atoms with E-state index in [4.69, 9.17) is 20.2 Å². The minimum Gasteiger partial charge on any atom is -0.444 e. The minimum absolute atomic E-state index is 0. The van der Waals surface area contributed by atoms with Crippen LogP contribution in [0.2, 0.25) is 0 Å². The maximum absolute atomic E-state index is 8.00. The standard InChI is InChI=1S/CH4.6CH3.2HNO2.2Pt.4Y/c;;;;;;;2*2-1-3;;;;;;/h1H4;6*1H3;2*(H,2,3);;;;;;/q;6*-1;;;;;;;;/p-2. The SMILES string of the molecule is C.O=N[O-].O=N[O-].[CH3-].[CH3-].[CH3-].[CH3-].[CH3-].[CH3-].[Pt].[Pt].[Y].[Y].[Y].[Y]. The molecule has 0 aromatic rings. The number of hydrogen-bond acceptors (Lipinski definition) is 6. The Kier molecular flexibility index (Phi) is 2080. The van der Waals surface area contributed by atoms with Gasteiger partial charge in [-0.2, -0.15) is 0 Å². The van der Waals surface area contributed by atoms with Gasteiger partial charge in [0.1, 0.15) is 0 Å². The van der Waals surface area contributed by atoms with E-state index in [9.17, 15) is 0 Å². The molecule has 0 N–H and O–H groups in total. The maximum atomic E-state index is 8.00. The quantitative estimate of drug-likeness (QED) is 0.210. The molecule has 0 rings (SSSR count). The van der Waals surface area contributed by atoms with Crippen molar-refractivity contribution in [1.29, 1.82) is 0 Å². The fourth-order valence-corrected chi connectivity index (χ4v) is 0. The van der Waals surface area contributed by atoms with Crippen LogP contribution in [0.15, 0.2) is 10.7 Å². The monoisotopic (exact) mass is 944 g/mol. The molecule has 19 heavy (non-hydrogen) atoms. The Morgan fingerprint density at radius 1 is 0.526 bits per heavy atom. The Morgan fingerprint density at radius 3 is 0.526 bits per heavy atom. The van der Waals surface area contributed by atoms with E-state index in [0.29, 0.717) is 0 Å². The molecule has 0 bridgehead atoms. The first kappa shape index (κ1) is 163. The van der Waals surface area contributed by atoms with Crippen LogP contribution in [0.3, 0.4) is 0 Å². The summed E-state index contributed by atoms with van der Waals surface area (Å²) < 4.78 is 0. The van der Waals surface area contributed by atoms with E-state index in [1.807, 2.05) is 0 Å². The summed E-state index contributed by atoms with van der Waals surface area (Å²) in [4.78, 5) is 16.0. The van der Waals surface area contributed by atoms with Crippen molar-refractivity contribution in [2.75, 3.05) is 0 Å². The molecule has 0 aromatic heterocycles. The summed E-state index contributed by atoms with van der Waals surface area (Å²) in [7, 11) is 0. The van der Waals surface area contributed by atoms with Crippen LogP contribution in [0, 0.1) is 64.8 Å². The first-order valence-electron chi connectivity index (χ1n) is 0.730. The van der Waals surface area contributed by atoms with E-state index >= 15 is 0 Å². The van der Waals surface area contributed by atoms with Crippen molar-refractivity contribution in [3.05, 3.63) is 64.8 Å². The molecule has 0 saturated heterocycles. The van der Waals surface area contributed by atoms with Crippen molar-refractivity contribution in [1.82, 2.24) is 0 Å². The minimum atomic E-state index is 0. The third kappa shape index (κ3) is 454. The first-order valence-corrected chi connectivity index (χ1v) is 0.730. The van der Waals surface area contributed by atoms with Crippen molar-refractivity contribution in [2.45, 2.75) is 7.43 Å². The number of hydrogen-bond donors (Lipinski definition) is 0. The summed E-state index contributed by atoms with van der Waals surface area (Å²) in [5.41, 5.74) is 0. The second-order valence-corrected chi connectivity index (χ2v) is 0.149. The molecule has 4 radical (unpaired) electrons. The Balaban J connectivity index is -0.000000000769. The van der Waals surface area contributed by atoms with Gasteiger partial charge in [-0.25, -0.2) is 0 Å². The van der Waals surface area contributed by atoms with E-state index in [1.54, 1.807) is 0 Å². The van der Waals surface area contributed by atoms with Gasteiger partial charge in [-0.1, -0.05) is 7.43 Å². The van der Waals surface area contributed by atoms with Gasteiger partial charge in [0.25, 0.3) is 0 Å². The van der Waals surface area contributed by atoms with Gasteiger partial charge < -0.3 is 64.8 Å². The molecule has 0 aliphatic heterocycles. The van der Waals surface area contributed by atoms with E-state index in [2.05, 4.69) is 0 Å². The van der Waals surface area contributed by atoms with Gasteiger partial charge in [0.05, 0.1) is 0 Å². The Morgan fingerprint density at radius 2 is 0.526 bits per heavy atom. The maximum Gasteiger partial charge on any atom is 0 e. The normalized spacial score (nSPS) is 1.26.